The quantitative estimate of drug-likeness (QED) is 0.828. The van der Waals surface area contributed by atoms with Crippen molar-refractivity contribution in [3.05, 3.63) is 65.5 Å². The molecule has 0 unspecified atom stereocenters. The summed E-state index contributed by atoms with van der Waals surface area (Å²) in [4.78, 5) is 19.0. The molecule has 0 spiro atoms. The Balaban J connectivity index is 1.40. The summed E-state index contributed by atoms with van der Waals surface area (Å²) in [7, 11) is 0. The van der Waals surface area contributed by atoms with Crippen molar-refractivity contribution < 1.29 is 4.79 Å². The minimum atomic E-state index is 0.0471. The maximum atomic E-state index is 12.3. The first-order chi connectivity index (χ1) is 12.7. The molecule has 1 aliphatic heterocycles. The molecular formula is C22H29N3O. The van der Waals surface area contributed by atoms with Crippen LogP contribution in [0.4, 0.5) is 0 Å². The Hall–Kier alpha value is -2.20. The highest BCUT2D eigenvalue weighted by atomic mass is 16.1. The van der Waals surface area contributed by atoms with Gasteiger partial charge in [0.25, 0.3) is 5.91 Å². The molecule has 4 heteroatoms. The summed E-state index contributed by atoms with van der Waals surface area (Å²) >= 11 is 0. The van der Waals surface area contributed by atoms with E-state index in [0.29, 0.717) is 5.92 Å². The first-order valence-corrected chi connectivity index (χ1v) is 9.73. The predicted molar refractivity (Wildman–Crippen MR) is 105 cm³/mol. The van der Waals surface area contributed by atoms with Gasteiger partial charge in [-0.2, -0.15) is 0 Å². The topological polar surface area (TPSA) is 45.2 Å². The van der Waals surface area contributed by atoms with Gasteiger partial charge in [-0.1, -0.05) is 31.5 Å². The van der Waals surface area contributed by atoms with Gasteiger partial charge < -0.3 is 5.32 Å². The number of aryl methyl sites for hydroxylation is 1. The molecule has 1 aliphatic rings. The summed E-state index contributed by atoms with van der Waals surface area (Å²) in [5, 5.41) is 3.12. The maximum Gasteiger partial charge on any atom is 0.251 e. The first-order valence-electron chi connectivity index (χ1n) is 9.73. The number of aromatic nitrogens is 1. The van der Waals surface area contributed by atoms with Gasteiger partial charge in [-0.05, 0) is 67.6 Å². The monoisotopic (exact) mass is 351 g/mol. The highest BCUT2D eigenvalue weighted by Gasteiger charge is 2.20. The van der Waals surface area contributed by atoms with Crippen LogP contribution in [-0.4, -0.2) is 35.4 Å². The zero-order chi connectivity index (χ0) is 18.2. The van der Waals surface area contributed by atoms with Crippen LogP contribution in [0.25, 0.3) is 0 Å². The van der Waals surface area contributed by atoms with E-state index in [1.807, 2.05) is 30.6 Å². The fourth-order valence-electron chi connectivity index (χ4n) is 3.55. The van der Waals surface area contributed by atoms with E-state index >= 15 is 0 Å². The van der Waals surface area contributed by atoms with Gasteiger partial charge in [-0.3, -0.25) is 14.7 Å². The molecule has 0 saturated carbocycles. The average Bonchev–Trinajstić information content (AvgIpc) is 2.69. The van der Waals surface area contributed by atoms with Gasteiger partial charge in [-0.25, -0.2) is 0 Å². The summed E-state index contributed by atoms with van der Waals surface area (Å²) in [5.74, 6) is 0.620. The summed E-state index contributed by atoms with van der Waals surface area (Å²) in [6.07, 6.45) is 8.23. The number of likely N-dealkylation sites (tertiary alicyclic amines) is 1. The van der Waals surface area contributed by atoms with E-state index in [1.54, 1.807) is 0 Å². The van der Waals surface area contributed by atoms with Crippen LogP contribution in [-0.2, 0) is 13.0 Å². The van der Waals surface area contributed by atoms with Gasteiger partial charge in [0.05, 0.1) is 0 Å². The highest BCUT2D eigenvalue weighted by Crippen LogP contribution is 2.18. The molecule has 1 saturated heterocycles. The zero-order valence-corrected chi connectivity index (χ0v) is 15.7. The number of hydrogen-bond donors (Lipinski definition) is 1. The largest absolute Gasteiger partial charge is 0.352 e. The first kappa shape index (κ1) is 18.6. The lowest BCUT2D eigenvalue weighted by Crippen LogP contribution is -2.38. The number of piperidine rings is 1. The molecule has 2 aromatic rings. The van der Waals surface area contributed by atoms with Gasteiger partial charge in [-0.15, -0.1) is 0 Å². The Morgan fingerprint density at radius 3 is 2.58 bits per heavy atom. The van der Waals surface area contributed by atoms with Crippen LogP contribution in [0.1, 0.15) is 47.7 Å². The Morgan fingerprint density at radius 2 is 1.92 bits per heavy atom. The smallest absolute Gasteiger partial charge is 0.251 e. The second-order valence-electron chi connectivity index (χ2n) is 7.24. The van der Waals surface area contributed by atoms with Crippen LogP contribution in [0, 0.1) is 5.92 Å². The van der Waals surface area contributed by atoms with E-state index < -0.39 is 0 Å². The molecule has 1 N–H and O–H groups in total. The Bertz CT molecular complexity index is 676. The number of benzene rings is 1. The molecule has 1 aromatic heterocycles. The lowest BCUT2D eigenvalue weighted by Gasteiger charge is -2.32. The zero-order valence-electron chi connectivity index (χ0n) is 15.7. The van der Waals surface area contributed by atoms with Crippen molar-refractivity contribution in [2.45, 2.75) is 39.2 Å². The van der Waals surface area contributed by atoms with E-state index in [0.717, 1.165) is 57.4 Å². The van der Waals surface area contributed by atoms with Crippen LogP contribution < -0.4 is 5.32 Å². The minimum Gasteiger partial charge on any atom is -0.352 e. The molecule has 138 valence electrons. The lowest BCUT2D eigenvalue weighted by molar-refractivity contribution is 0.0935. The molecule has 2 heterocycles. The van der Waals surface area contributed by atoms with Crippen LogP contribution in [0.3, 0.4) is 0 Å². The van der Waals surface area contributed by atoms with Gasteiger partial charge in [0.2, 0.25) is 0 Å². The number of rotatable bonds is 7. The van der Waals surface area contributed by atoms with E-state index in [2.05, 4.69) is 40.3 Å². The minimum absolute atomic E-state index is 0.0471. The normalized spacial score (nSPS) is 15.7. The molecule has 4 nitrogen and oxygen atoms in total. The fourth-order valence-corrected chi connectivity index (χ4v) is 3.55. The second kappa shape index (κ2) is 9.48. The lowest BCUT2D eigenvalue weighted by atomic mass is 9.96. The van der Waals surface area contributed by atoms with Crippen molar-refractivity contribution in [2.24, 2.45) is 5.92 Å². The highest BCUT2D eigenvalue weighted by molar-refractivity contribution is 5.94. The van der Waals surface area contributed by atoms with Gasteiger partial charge in [0.15, 0.2) is 0 Å². The number of carbonyl (C=O) groups excluding carboxylic acids is 1. The van der Waals surface area contributed by atoms with Gasteiger partial charge in [0.1, 0.15) is 0 Å². The van der Waals surface area contributed by atoms with Gasteiger partial charge in [0, 0.05) is 31.0 Å². The summed E-state index contributed by atoms with van der Waals surface area (Å²) < 4.78 is 0. The summed E-state index contributed by atoms with van der Waals surface area (Å²) in [6, 6.07) is 12.1. The maximum absolute atomic E-state index is 12.3. The van der Waals surface area contributed by atoms with Crippen molar-refractivity contribution in [3.8, 4) is 0 Å². The summed E-state index contributed by atoms with van der Waals surface area (Å²) in [6.45, 7) is 6.08. The molecule has 3 rings (SSSR count). The van der Waals surface area contributed by atoms with Crippen molar-refractivity contribution in [3.63, 3.8) is 0 Å². The van der Waals surface area contributed by atoms with Crippen LogP contribution in [0.2, 0.25) is 0 Å². The third-order valence-electron chi connectivity index (χ3n) is 5.14. The summed E-state index contributed by atoms with van der Waals surface area (Å²) in [5.41, 5.74) is 3.33. The molecule has 1 amide bonds. The van der Waals surface area contributed by atoms with Crippen LogP contribution in [0.15, 0.2) is 48.8 Å². The number of pyridine rings is 1. The van der Waals surface area contributed by atoms with Crippen molar-refractivity contribution in [1.82, 2.24) is 15.2 Å². The Labute approximate surface area is 156 Å². The average molecular weight is 351 g/mol. The van der Waals surface area contributed by atoms with E-state index in [9.17, 15) is 4.79 Å². The van der Waals surface area contributed by atoms with Crippen LogP contribution in [0.5, 0.6) is 0 Å². The number of nitrogens with zero attached hydrogens (tertiary/aromatic N) is 2. The molecular weight excluding hydrogens is 322 g/mol. The third-order valence-corrected chi connectivity index (χ3v) is 5.14. The van der Waals surface area contributed by atoms with Crippen molar-refractivity contribution >= 4 is 5.91 Å². The van der Waals surface area contributed by atoms with Gasteiger partial charge >= 0.3 is 0 Å². The van der Waals surface area contributed by atoms with E-state index in [-0.39, 0.29) is 5.91 Å². The van der Waals surface area contributed by atoms with Crippen molar-refractivity contribution in [2.75, 3.05) is 19.6 Å². The predicted octanol–water partition coefficient (Wildman–Crippen LogP) is 3.68. The fraction of sp³-hybridized carbons (Fsp3) is 0.455. The molecule has 0 radical (unpaired) electrons. The SMILES string of the molecule is CCCc1ccc(C(=O)NCC2CCN(Cc3cccnc3)CC2)cc1. The third kappa shape index (κ3) is 5.40. The Kier molecular flexibility index (Phi) is 6.78. The number of hydrogen-bond acceptors (Lipinski definition) is 3. The molecule has 26 heavy (non-hydrogen) atoms. The molecule has 0 atom stereocenters. The number of nitrogens with one attached hydrogen (secondary N) is 1. The van der Waals surface area contributed by atoms with E-state index in [1.165, 1.54) is 11.1 Å². The van der Waals surface area contributed by atoms with Crippen LogP contribution >= 0.6 is 0 Å². The standard InChI is InChI=1S/C22H29N3O/c1-2-4-18-6-8-21(9-7-18)22(26)24-16-19-10-13-25(14-11-19)17-20-5-3-12-23-15-20/h3,5-9,12,15,19H,2,4,10-11,13-14,16-17H2,1H3,(H,24,26). The van der Waals surface area contributed by atoms with E-state index in [4.69, 9.17) is 0 Å². The molecule has 0 aliphatic carbocycles. The molecule has 0 bridgehead atoms. The van der Waals surface area contributed by atoms with Crippen molar-refractivity contribution in [1.29, 1.82) is 0 Å². The molecule has 1 aromatic carbocycles. The Morgan fingerprint density at radius 1 is 1.15 bits per heavy atom. The number of amides is 1. The number of carbonyl (C=O) groups is 1. The molecule has 1 fully saturated rings. The second-order valence-corrected chi connectivity index (χ2v) is 7.24.